The lowest BCUT2D eigenvalue weighted by atomic mass is 10.2. The first-order valence-electron chi connectivity index (χ1n) is 9.85. The van der Waals surface area contributed by atoms with Crippen LogP contribution < -0.4 is 4.90 Å². The van der Waals surface area contributed by atoms with Crippen molar-refractivity contribution < 1.29 is 17.6 Å². The number of piperazine rings is 1. The topological polar surface area (TPSA) is 83.7 Å². The first-order chi connectivity index (χ1) is 14.8. The van der Waals surface area contributed by atoms with Crippen LogP contribution >= 0.6 is 11.6 Å². The summed E-state index contributed by atoms with van der Waals surface area (Å²) in [6.07, 6.45) is 0. The fourth-order valence-electron chi connectivity index (χ4n) is 3.44. The molecule has 7 nitrogen and oxygen atoms in total. The summed E-state index contributed by atoms with van der Waals surface area (Å²) in [7, 11) is -3.91. The van der Waals surface area contributed by atoms with Gasteiger partial charge in [-0.1, -0.05) is 29.3 Å². The van der Waals surface area contributed by atoms with Gasteiger partial charge in [-0.2, -0.15) is 4.98 Å². The number of aromatic nitrogens is 1. The summed E-state index contributed by atoms with van der Waals surface area (Å²) in [5.41, 5.74) is 1.58. The number of halogens is 1. The van der Waals surface area contributed by atoms with E-state index in [1.54, 1.807) is 53.4 Å². The number of sulfone groups is 1. The van der Waals surface area contributed by atoms with E-state index in [9.17, 15) is 13.2 Å². The van der Waals surface area contributed by atoms with Crippen molar-refractivity contribution in [3.63, 3.8) is 0 Å². The van der Waals surface area contributed by atoms with Gasteiger partial charge in [0, 0.05) is 43.7 Å². The maximum Gasteiger partial charge on any atom is 0.236 e. The van der Waals surface area contributed by atoms with Crippen LogP contribution in [0.2, 0.25) is 5.02 Å². The van der Waals surface area contributed by atoms with Crippen LogP contribution in [-0.2, 0) is 14.6 Å². The lowest BCUT2D eigenvalue weighted by Crippen LogP contribution is -2.48. The number of rotatable bonds is 4. The van der Waals surface area contributed by atoms with Crippen molar-refractivity contribution >= 4 is 33.2 Å². The predicted molar refractivity (Wildman–Crippen MR) is 118 cm³/mol. The van der Waals surface area contributed by atoms with Gasteiger partial charge in [0.15, 0.2) is 0 Å². The highest BCUT2D eigenvalue weighted by atomic mass is 35.5. The average Bonchev–Trinajstić information content (AvgIpc) is 3.21. The van der Waals surface area contributed by atoms with Gasteiger partial charge in [-0.3, -0.25) is 4.79 Å². The molecule has 1 amide bonds. The number of anilines is 1. The molecular formula is C22H22ClN3O4S. The monoisotopic (exact) mass is 459 g/mol. The quantitative estimate of drug-likeness (QED) is 0.590. The lowest BCUT2D eigenvalue weighted by molar-refractivity contribution is -0.129. The molecule has 0 unspecified atom stereocenters. The minimum absolute atomic E-state index is 0.00780. The highest BCUT2D eigenvalue weighted by molar-refractivity contribution is 7.91. The van der Waals surface area contributed by atoms with Crippen molar-refractivity contribution in [2.24, 2.45) is 0 Å². The van der Waals surface area contributed by atoms with E-state index in [1.165, 1.54) is 6.92 Å². The number of carbonyl (C=O) groups is 1. The molecule has 0 atom stereocenters. The second-order valence-corrected chi connectivity index (χ2v) is 9.75. The van der Waals surface area contributed by atoms with Crippen molar-refractivity contribution in [1.29, 1.82) is 0 Å². The summed E-state index contributed by atoms with van der Waals surface area (Å²) < 4.78 is 32.9. The number of nitrogens with zero attached hydrogens (tertiary/aromatic N) is 3. The zero-order valence-corrected chi connectivity index (χ0v) is 18.8. The van der Waals surface area contributed by atoms with Crippen LogP contribution in [0.5, 0.6) is 0 Å². The molecule has 2 heterocycles. The summed E-state index contributed by atoms with van der Waals surface area (Å²) >= 11 is 5.97. The number of carbonyl (C=O) groups excluding carboxylic acids is 1. The zero-order chi connectivity index (χ0) is 22.2. The number of aryl methyl sites for hydroxylation is 1. The van der Waals surface area contributed by atoms with Gasteiger partial charge in [0.05, 0.1) is 4.90 Å². The molecule has 31 heavy (non-hydrogen) atoms. The SMILES string of the molecule is CC(=O)N1CCN(c2oc(-c3ccc(Cl)cc3)nc2S(=O)(=O)c2ccc(C)cc2)CC1. The molecule has 1 aliphatic heterocycles. The normalized spacial score (nSPS) is 14.7. The van der Waals surface area contributed by atoms with E-state index in [4.69, 9.17) is 16.0 Å². The lowest BCUT2D eigenvalue weighted by Gasteiger charge is -2.34. The molecule has 0 spiro atoms. The van der Waals surface area contributed by atoms with Gasteiger partial charge in [-0.15, -0.1) is 0 Å². The maximum absolute atomic E-state index is 13.4. The molecule has 4 rings (SSSR count). The van der Waals surface area contributed by atoms with E-state index in [1.807, 2.05) is 11.8 Å². The fourth-order valence-corrected chi connectivity index (χ4v) is 4.89. The van der Waals surface area contributed by atoms with E-state index in [0.29, 0.717) is 36.8 Å². The minimum atomic E-state index is -3.91. The Hall–Kier alpha value is -2.84. The van der Waals surface area contributed by atoms with Gasteiger partial charge in [-0.05, 0) is 43.3 Å². The van der Waals surface area contributed by atoms with Crippen LogP contribution in [0.4, 0.5) is 5.88 Å². The molecule has 1 saturated heterocycles. The van der Waals surface area contributed by atoms with Crippen LogP contribution in [0.3, 0.4) is 0 Å². The van der Waals surface area contributed by atoms with Gasteiger partial charge in [0.2, 0.25) is 32.5 Å². The smallest absolute Gasteiger partial charge is 0.236 e. The molecule has 0 N–H and O–H groups in total. The standard InChI is InChI=1S/C22H22ClN3O4S/c1-15-3-9-19(10-4-15)31(28,29)21-22(26-13-11-25(12-14-26)16(2)27)30-20(24-21)17-5-7-18(23)8-6-17/h3-10H,11-14H2,1-2H3. The molecular weight excluding hydrogens is 438 g/mol. The molecule has 1 aromatic heterocycles. The number of oxazole rings is 1. The van der Waals surface area contributed by atoms with Gasteiger partial charge in [-0.25, -0.2) is 8.42 Å². The molecule has 2 aromatic carbocycles. The molecule has 3 aromatic rings. The Labute approximate surface area is 186 Å². The third kappa shape index (κ3) is 4.31. The molecule has 9 heteroatoms. The highest BCUT2D eigenvalue weighted by Gasteiger charge is 2.33. The molecule has 0 saturated carbocycles. The molecule has 0 aliphatic carbocycles. The number of benzene rings is 2. The molecule has 1 fully saturated rings. The van der Waals surface area contributed by atoms with Gasteiger partial charge >= 0.3 is 0 Å². The largest absolute Gasteiger partial charge is 0.419 e. The molecule has 1 aliphatic rings. The summed E-state index contributed by atoms with van der Waals surface area (Å²) in [4.78, 5) is 19.8. The Bertz CT molecular complexity index is 1200. The predicted octanol–water partition coefficient (Wildman–Crippen LogP) is 3.80. The zero-order valence-electron chi connectivity index (χ0n) is 17.2. The fraction of sp³-hybridized carbons (Fsp3) is 0.273. The van der Waals surface area contributed by atoms with E-state index in [-0.39, 0.29) is 27.6 Å². The van der Waals surface area contributed by atoms with Crippen LogP contribution in [0.1, 0.15) is 12.5 Å². The molecule has 162 valence electrons. The van der Waals surface area contributed by atoms with Crippen LogP contribution in [-0.4, -0.2) is 50.4 Å². The maximum atomic E-state index is 13.4. The van der Waals surface area contributed by atoms with E-state index in [2.05, 4.69) is 4.98 Å². The van der Waals surface area contributed by atoms with E-state index >= 15 is 0 Å². The number of amides is 1. The van der Waals surface area contributed by atoms with Gasteiger partial charge < -0.3 is 14.2 Å². The first kappa shape index (κ1) is 21.4. The minimum Gasteiger partial charge on any atom is -0.419 e. The Morgan fingerprint density at radius 1 is 1.00 bits per heavy atom. The third-order valence-electron chi connectivity index (χ3n) is 5.27. The van der Waals surface area contributed by atoms with E-state index in [0.717, 1.165) is 5.56 Å². The second kappa shape index (κ2) is 8.36. The summed E-state index contributed by atoms with van der Waals surface area (Å²) in [5, 5.41) is 0.431. The van der Waals surface area contributed by atoms with Crippen molar-refractivity contribution in [2.45, 2.75) is 23.8 Å². The summed E-state index contributed by atoms with van der Waals surface area (Å²) in [6.45, 7) is 5.28. The van der Waals surface area contributed by atoms with Crippen LogP contribution in [0.25, 0.3) is 11.5 Å². The Morgan fingerprint density at radius 3 is 2.19 bits per heavy atom. The van der Waals surface area contributed by atoms with Crippen molar-refractivity contribution in [3.8, 4) is 11.5 Å². The van der Waals surface area contributed by atoms with Gasteiger partial charge in [0.1, 0.15) is 0 Å². The Morgan fingerprint density at radius 2 is 1.61 bits per heavy atom. The Balaban J connectivity index is 1.78. The van der Waals surface area contributed by atoms with Crippen molar-refractivity contribution in [3.05, 3.63) is 59.1 Å². The van der Waals surface area contributed by atoms with E-state index < -0.39 is 9.84 Å². The van der Waals surface area contributed by atoms with Crippen LogP contribution in [0, 0.1) is 6.92 Å². The molecule has 0 bridgehead atoms. The average molecular weight is 460 g/mol. The van der Waals surface area contributed by atoms with Crippen LogP contribution in [0.15, 0.2) is 62.9 Å². The molecule has 0 radical (unpaired) electrons. The summed E-state index contributed by atoms with van der Waals surface area (Å²) in [5.74, 6) is 0.381. The number of hydrogen-bond acceptors (Lipinski definition) is 6. The third-order valence-corrected chi connectivity index (χ3v) is 7.19. The number of hydrogen-bond donors (Lipinski definition) is 0. The second-order valence-electron chi connectivity index (χ2n) is 7.45. The van der Waals surface area contributed by atoms with Gasteiger partial charge in [0.25, 0.3) is 0 Å². The first-order valence-corrected chi connectivity index (χ1v) is 11.7. The summed E-state index contributed by atoms with van der Waals surface area (Å²) in [6, 6.07) is 13.5. The van der Waals surface area contributed by atoms with Crippen molar-refractivity contribution in [1.82, 2.24) is 9.88 Å². The Kier molecular flexibility index (Phi) is 5.77. The highest BCUT2D eigenvalue weighted by Crippen LogP contribution is 2.35. The van der Waals surface area contributed by atoms with Crippen molar-refractivity contribution in [2.75, 3.05) is 31.1 Å².